The molecule has 0 aliphatic carbocycles. The van der Waals surface area contributed by atoms with Crippen molar-refractivity contribution in [3.8, 4) is 0 Å². The van der Waals surface area contributed by atoms with Crippen LogP contribution in [0.25, 0.3) is 0 Å². The van der Waals surface area contributed by atoms with E-state index in [4.69, 9.17) is 15.3 Å². The highest BCUT2D eigenvalue weighted by atomic mass is 16.5. The minimum absolute atomic E-state index is 0.269. The maximum Gasteiger partial charge on any atom is 0.333 e. The van der Waals surface area contributed by atoms with E-state index < -0.39 is 36.4 Å². The Morgan fingerprint density at radius 1 is 1.00 bits per heavy atom. The molecule has 0 aliphatic heterocycles. The van der Waals surface area contributed by atoms with E-state index in [2.05, 4.69) is 9.47 Å². The molecule has 0 aromatic heterocycles. The van der Waals surface area contributed by atoms with Crippen molar-refractivity contribution in [1.29, 1.82) is 0 Å². The van der Waals surface area contributed by atoms with Crippen LogP contribution in [0.5, 0.6) is 0 Å². The van der Waals surface area contributed by atoms with Gasteiger partial charge in [-0.05, 0) is 13.8 Å². The quantitative estimate of drug-likeness (QED) is 0.336. The third-order valence-corrected chi connectivity index (χ3v) is 2.66. The largest absolute Gasteiger partial charge is 0.481 e. The van der Waals surface area contributed by atoms with Crippen molar-refractivity contribution in [2.45, 2.75) is 26.4 Å². The molecule has 3 N–H and O–H groups in total. The molecule has 0 aromatic carbocycles. The van der Waals surface area contributed by atoms with Gasteiger partial charge in [-0.25, -0.2) is 14.4 Å². The third kappa shape index (κ3) is 13.5. The number of aliphatic hydroxyl groups is 1. The van der Waals surface area contributed by atoms with Gasteiger partial charge in [0.15, 0.2) is 12.7 Å². The Morgan fingerprint density at radius 2 is 1.50 bits per heavy atom. The van der Waals surface area contributed by atoms with E-state index in [1.807, 2.05) is 13.8 Å². The Hall–Kier alpha value is -2.95. The van der Waals surface area contributed by atoms with Crippen LogP contribution < -0.4 is 0 Å². The topological polar surface area (TPSA) is 168 Å². The fourth-order valence-electron chi connectivity index (χ4n) is 1.31. The summed E-state index contributed by atoms with van der Waals surface area (Å²) < 4.78 is 8.95. The van der Waals surface area contributed by atoms with Crippen LogP contribution in [0.1, 0.15) is 20.3 Å². The summed E-state index contributed by atoms with van der Waals surface area (Å²) in [4.78, 5) is 54.1. The van der Waals surface area contributed by atoms with Crippen LogP contribution in [-0.2, 0) is 33.4 Å². The minimum atomic E-state index is -1.79. The second kappa shape index (κ2) is 14.4. The monoisotopic (exact) mass is 377 g/mol. The molecule has 0 saturated carbocycles. The highest BCUT2D eigenvalue weighted by Gasteiger charge is 2.16. The Bertz CT molecular complexity index is 525. The number of carboxylic acids is 2. The molecular formula is C15H23NO10. The van der Waals surface area contributed by atoms with Crippen LogP contribution in [0, 0.1) is 0 Å². The number of carboxylic acid groups (broad SMARTS) is 2. The Kier molecular flexibility index (Phi) is 14.0. The number of esters is 2. The van der Waals surface area contributed by atoms with E-state index in [-0.39, 0.29) is 12.5 Å². The number of likely N-dealkylation sites (N-methyl/N-ethyl adjacent to an activating group) is 1. The summed E-state index contributed by atoms with van der Waals surface area (Å²) in [5.74, 6) is -4.52. The number of carbonyl (C=O) groups excluding carboxylic acids is 3. The number of carbonyl (C=O) groups is 5. The molecule has 26 heavy (non-hydrogen) atoms. The third-order valence-electron chi connectivity index (χ3n) is 2.66. The van der Waals surface area contributed by atoms with Crippen LogP contribution >= 0.6 is 0 Å². The first-order chi connectivity index (χ1) is 12.1. The van der Waals surface area contributed by atoms with Crippen molar-refractivity contribution in [3.63, 3.8) is 0 Å². The van der Waals surface area contributed by atoms with Gasteiger partial charge in [0.1, 0.15) is 0 Å². The Labute approximate surface area is 149 Å². The lowest BCUT2D eigenvalue weighted by Gasteiger charge is -2.17. The number of hydrogen-bond donors (Lipinski definition) is 3. The average molecular weight is 377 g/mol. The molecule has 11 heteroatoms. The molecule has 0 aromatic rings. The number of nitrogens with zero attached hydrogens (tertiary/aromatic N) is 1. The first kappa shape index (κ1) is 25.3. The van der Waals surface area contributed by atoms with E-state index >= 15 is 0 Å². The van der Waals surface area contributed by atoms with Gasteiger partial charge in [0.05, 0.1) is 13.5 Å². The normalized spacial score (nSPS) is 10.9. The zero-order valence-electron chi connectivity index (χ0n) is 14.7. The zero-order chi connectivity index (χ0) is 20.7. The van der Waals surface area contributed by atoms with Gasteiger partial charge in [-0.15, -0.1) is 0 Å². The summed E-state index contributed by atoms with van der Waals surface area (Å²) in [5, 5.41) is 24.1. The molecule has 1 atom stereocenters. The predicted molar refractivity (Wildman–Crippen MR) is 85.9 cm³/mol. The molecule has 0 bridgehead atoms. The maximum atomic E-state index is 11.4. The molecular weight excluding hydrogens is 354 g/mol. The van der Waals surface area contributed by atoms with Crippen molar-refractivity contribution in [2.24, 2.45) is 0 Å². The molecule has 0 aliphatic rings. The molecule has 148 valence electrons. The summed E-state index contributed by atoms with van der Waals surface area (Å²) in [6.07, 6.45) is -0.691. The summed E-state index contributed by atoms with van der Waals surface area (Å²) in [6, 6.07) is 0. The van der Waals surface area contributed by atoms with Crippen LogP contribution in [0.15, 0.2) is 12.2 Å². The number of hydrogen-bond acceptors (Lipinski definition) is 8. The Morgan fingerprint density at radius 3 is 1.85 bits per heavy atom. The van der Waals surface area contributed by atoms with Crippen molar-refractivity contribution in [1.82, 2.24) is 4.90 Å². The maximum absolute atomic E-state index is 11.4. The molecule has 1 amide bonds. The smallest absolute Gasteiger partial charge is 0.333 e. The number of aliphatic hydroxyl groups excluding tert-OH is 1. The summed E-state index contributed by atoms with van der Waals surface area (Å²) >= 11 is 0. The highest BCUT2D eigenvalue weighted by Crippen LogP contribution is 1.92. The molecule has 0 spiro atoms. The van der Waals surface area contributed by atoms with Gasteiger partial charge in [-0.3, -0.25) is 9.59 Å². The molecule has 11 nitrogen and oxygen atoms in total. The Balaban J connectivity index is 0. The minimum Gasteiger partial charge on any atom is -0.481 e. The fourth-order valence-corrected chi connectivity index (χ4v) is 1.31. The van der Waals surface area contributed by atoms with Crippen LogP contribution in [-0.4, -0.2) is 82.9 Å². The molecule has 0 saturated heterocycles. The first-order valence-corrected chi connectivity index (χ1v) is 7.42. The van der Waals surface area contributed by atoms with Crippen molar-refractivity contribution >= 4 is 29.8 Å². The number of amides is 1. The summed E-state index contributed by atoms with van der Waals surface area (Å²) in [6.45, 7) is 4.46. The van der Waals surface area contributed by atoms with Crippen molar-refractivity contribution in [2.75, 3.05) is 26.8 Å². The summed E-state index contributed by atoms with van der Waals surface area (Å²) in [5.41, 5.74) is 0. The number of methoxy groups -OCH3 is 1. The van der Waals surface area contributed by atoms with Gasteiger partial charge in [0, 0.05) is 25.2 Å². The van der Waals surface area contributed by atoms with E-state index in [1.54, 1.807) is 0 Å². The van der Waals surface area contributed by atoms with Gasteiger partial charge < -0.3 is 29.7 Å². The number of aliphatic carboxylic acids is 2. The SMILES string of the molecule is CCN(CC)C(=O)COC(=O)/C=C/C(=O)OC.O=C(O)CC(O)C(=O)O. The second-order valence-electron chi connectivity index (χ2n) is 4.48. The molecule has 1 unspecified atom stereocenters. The van der Waals surface area contributed by atoms with Gasteiger partial charge in [-0.2, -0.15) is 0 Å². The van der Waals surface area contributed by atoms with Gasteiger partial charge in [-0.1, -0.05) is 0 Å². The number of ether oxygens (including phenoxy) is 2. The lowest BCUT2D eigenvalue weighted by Crippen LogP contribution is -2.34. The highest BCUT2D eigenvalue weighted by molar-refractivity contribution is 5.92. The van der Waals surface area contributed by atoms with Gasteiger partial charge in [0.25, 0.3) is 5.91 Å². The molecule has 0 radical (unpaired) electrons. The van der Waals surface area contributed by atoms with Crippen LogP contribution in [0.4, 0.5) is 0 Å². The van der Waals surface area contributed by atoms with Gasteiger partial charge >= 0.3 is 23.9 Å². The van der Waals surface area contributed by atoms with E-state index in [0.29, 0.717) is 13.1 Å². The van der Waals surface area contributed by atoms with E-state index in [1.165, 1.54) is 12.0 Å². The van der Waals surface area contributed by atoms with Crippen molar-refractivity contribution < 1.29 is 48.8 Å². The van der Waals surface area contributed by atoms with Crippen LogP contribution in [0.3, 0.4) is 0 Å². The molecule has 0 rings (SSSR count). The fraction of sp³-hybridized carbons (Fsp3) is 0.533. The zero-order valence-corrected chi connectivity index (χ0v) is 14.7. The standard InChI is InChI=1S/C11H17NO5.C4H6O5/c1-4-12(5-2)9(13)8-17-11(15)7-6-10(14)16-3;5-2(4(8)9)1-3(6)7/h6-7H,4-5,8H2,1-3H3;2,5H,1H2,(H,6,7)(H,8,9)/b7-6+;. The van der Waals surface area contributed by atoms with E-state index in [9.17, 15) is 24.0 Å². The average Bonchev–Trinajstić information content (AvgIpc) is 2.58. The second-order valence-corrected chi connectivity index (χ2v) is 4.48. The van der Waals surface area contributed by atoms with Gasteiger partial charge in [0.2, 0.25) is 0 Å². The molecule has 0 fully saturated rings. The van der Waals surface area contributed by atoms with Crippen molar-refractivity contribution in [3.05, 3.63) is 12.2 Å². The predicted octanol–water partition coefficient (Wildman–Crippen LogP) is -0.966. The first-order valence-electron chi connectivity index (χ1n) is 7.42. The molecule has 0 heterocycles. The lowest BCUT2D eigenvalue weighted by atomic mass is 10.3. The number of rotatable bonds is 9. The summed E-state index contributed by atoms with van der Waals surface area (Å²) in [7, 11) is 1.20. The lowest BCUT2D eigenvalue weighted by molar-refractivity contribution is -0.152. The van der Waals surface area contributed by atoms with Crippen LogP contribution in [0.2, 0.25) is 0 Å². The van der Waals surface area contributed by atoms with E-state index in [0.717, 1.165) is 12.2 Å².